The summed E-state index contributed by atoms with van der Waals surface area (Å²) in [6.45, 7) is 10.8. The quantitative estimate of drug-likeness (QED) is 0.513. The molecule has 2 unspecified atom stereocenters. The van der Waals surface area contributed by atoms with Crippen molar-refractivity contribution in [3.8, 4) is 0 Å². The molecule has 3 rings (SSSR count). The van der Waals surface area contributed by atoms with Gasteiger partial charge in [0.1, 0.15) is 6.10 Å². The summed E-state index contributed by atoms with van der Waals surface area (Å²) in [4.78, 5) is 11.1. The SMILES string of the molecule is C=C1CCC2CC([C@]3(C)CC[C@@H](OC(C)=O)CC3)CC[C@]12C. The van der Waals surface area contributed by atoms with E-state index in [1.165, 1.54) is 57.4 Å². The third-order valence-corrected chi connectivity index (χ3v) is 7.48. The topological polar surface area (TPSA) is 26.3 Å². The van der Waals surface area contributed by atoms with E-state index in [0.717, 1.165) is 24.7 Å². The lowest BCUT2D eigenvalue weighted by Gasteiger charge is -2.49. The van der Waals surface area contributed by atoms with Crippen molar-refractivity contribution < 1.29 is 9.53 Å². The van der Waals surface area contributed by atoms with Crippen LogP contribution in [0.5, 0.6) is 0 Å². The molecule has 0 bridgehead atoms. The predicted molar refractivity (Wildman–Crippen MR) is 89.4 cm³/mol. The van der Waals surface area contributed by atoms with Crippen molar-refractivity contribution >= 4 is 5.97 Å². The highest BCUT2D eigenvalue weighted by Gasteiger charge is 2.49. The van der Waals surface area contributed by atoms with Crippen LogP contribution in [0.4, 0.5) is 0 Å². The molecule has 0 N–H and O–H groups in total. The van der Waals surface area contributed by atoms with Gasteiger partial charge in [0.05, 0.1) is 0 Å². The first kappa shape index (κ1) is 16.1. The van der Waals surface area contributed by atoms with Crippen LogP contribution >= 0.6 is 0 Å². The number of hydrogen-bond donors (Lipinski definition) is 0. The fourth-order valence-corrected chi connectivity index (χ4v) is 5.58. The van der Waals surface area contributed by atoms with Crippen LogP contribution in [-0.4, -0.2) is 12.1 Å². The van der Waals surface area contributed by atoms with Gasteiger partial charge in [-0.1, -0.05) is 26.0 Å². The number of carbonyl (C=O) groups excluding carboxylic acids is 1. The molecule has 3 aliphatic carbocycles. The van der Waals surface area contributed by atoms with E-state index >= 15 is 0 Å². The lowest BCUT2D eigenvalue weighted by atomic mass is 9.56. The molecule has 3 atom stereocenters. The second kappa shape index (κ2) is 5.69. The lowest BCUT2D eigenvalue weighted by molar-refractivity contribution is -0.149. The zero-order valence-corrected chi connectivity index (χ0v) is 14.6. The van der Waals surface area contributed by atoms with E-state index in [1.54, 1.807) is 0 Å². The van der Waals surface area contributed by atoms with Crippen LogP contribution in [0.15, 0.2) is 12.2 Å². The largest absolute Gasteiger partial charge is 0.463 e. The Kier molecular flexibility index (Phi) is 4.16. The molecule has 3 fully saturated rings. The molecule has 22 heavy (non-hydrogen) atoms. The third kappa shape index (κ3) is 2.74. The van der Waals surface area contributed by atoms with E-state index in [0.29, 0.717) is 10.8 Å². The number of rotatable bonds is 2. The Morgan fingerprint density at radius 3 is 2.41 bits per heavy atom. The Balaban J connectivity index is 1.61. The minimum absolute atomic E-state index is 0.119. The summed E-state index contributed by atoms with van der Waals surface area (Å²) in [5.41, 5.74) is 2.41. The minimum atomic E-state index is -0.119. The van der Waals surface area contributed by atoms with Crippen LogP contribution in [0.3, 0.4) is 0 Å². The van der Waals surface area contributed by atoms with Crippen molar-refractivity contribution in [2.75, 3.05) is 0 Å². The number of hydrogen-bond acceptors (Lipinski definition) is 2. The molecule has 0 spiro atoms. The van der Waals surface area contributed by atoms with E-state index in [4.69, 9.17) is 4.74 Å². The smallest absolute Gasteiger partial charge is 0.302 e. The summed E-state index contributed by atoms with van der Waals surface area (Å²) in [7, 11) is 0. The van der Waals surface area contributed by atoms with E-state index in [-0.39, 0.29) is 12.1 Å². The van der Waals surface area contributed by atoms with E-state index in [1.807, 2.05) is 0 Å². The van der Waals surface area contributed by atoms with Crippen molar-refractivity contribution in [3.63, 3.8) is 0 Å². The van der Waals surface area contributed by atoms with Gasteiger partial charge in [0.25, 0.3) is 0 Å². The van der Waals surface area contributed by atoms with Gasteiger partial charge in [0.15, 0.2) is 0 Å². The van der Waals surface area contributed by atoms with Crippen molar-refractivity contribution in [2.24, 2.45) is 22.7 Å². The number of esters is 1. The normalized spacial score (nSPS) is 45.4. The average Bonchev–Trinajstić information content (AvgIpc) is 2.76. The van der Waals surface area contributed by atoms with Gasteiger partial charge in [-0.25, -0.2) is 0 Å². The Morgan fingerprint density at radius 2 is 1.77 bits per heavy atom. The first-order chi connectivity index (χ1) is 10.3. The van der Waals surface area contributed by atoms with Crippen LogP contribution in [0.2, 0.25) is 0 Å². The maximum absolute atomic E-state index is 11.1. The maximum atomic E-state index is 11.1. The molecule has 0 aromatic rings. The van der Waals surface area contributed by atoms with E-state index in [2.05, 4.69) is 20.4 Å². The molecule has 0 heterocycles. The van der Waals surface area contributed by atoms with Gasteiger partial charge in [0, 0.05) is 6.92 Å². The molecule has 2 heteroatoms. The Hall–Kier alpha value is -0.790. The van der Waals surface area contributed by atoms with Crippen LogP contribution in [0, 0.1) is 22.7 Å². The summed E-state index contributed by atoms with van der Waals surface area (Å²) in [5, 5.41) is 0. The fourth-order valence-electron chi connectivity index (χ4n) is 5.58. The molecule has 3 aliphatic rings. The van der Waals surface area contributed by atoms with Gasteiger partial charge in [-0.15, -0.1) is 0 Å². The van der Waals surface area contributed by atoms with Crippen LogP contribution in [-0.2, 0) is 9.53 Å². The highest BCUT2D eigenvalue weighted by molar-refractivity contribution is 5.66. The molecule has 2 nitrogen and oxygen atoms in total. The molecule has 0 amide bonds. The number of allylic oxidation sites excluding steroid dienone is 1. The second-order valence-corrected chi connectivity index (χ2v) is 8.69. The third-order valence-electron chi connectivity index (χ3n) is 7.48. The molecule has 124 valence electrons. The molecule has 0 radical (unpaired) electrons. The first-order valence-corrected chi connectivity index (χ1v) is 9.19. The van der Waals surface area contributed by atoms with Crippen LogP contribution in [0.1, 0.15) is 78.6 Å². The van der Waals surface area contributed by atoms with Gasteiger partial charge in [-0.2, -0.15) is 0 Å². The fraction of sp³-hybridized carbons (Fsp3) is 0.850. The number of carbonyl (C=O) groups is 1. The number of ether oxygens (including phenoxy) is 1. The van der Waals surface area contributed by atoms with Gasteiger partial charge < -0.3 is 4.74 Å². The average molecular weight is 304 g/mol. The summed E-state index contributed by atoms with van der Waals surface area (Å²) in [6.07, 6.45) is 11.4. The molecule has 3 saturated carbocycles. The van der Waals surface area contributed by atoms with Crippen molar-refractivity contribution in [3.05, 3.63) is 12.2 Å². The molecule has 0 aliphatic heterocycles. The Bertz CT molecular complexity index is 458. The lowest BCUT2D eigenvalue weighted by Crippen LogP contribution is -2.41. The monoisotopic (exact) mass is 304 g/mol. The van der Waals surface area contributed by atoms with E-state index < -0.39 is 0 Å². The van der Waals surface area contributed by atoms with Crippen molar-refractivity contribution in [1.82, 2.24) is 0 Å². The number of fused-ring (bicyclic) bond motifs is 1. The Morgan fingerprint density at radius 1 is 1.09 bits per heavy atom. The summed E-state index contributed by atoms with van der Waals surface area (Å²) in [5.74, 6) is 1.60. The highest BCUT2D eigenvalue weighted by Crippen LogP contribution is 2.60. The maximum Gasteiger partial charge on any atom is 0.302 e. The van der Waals surface area contributed by atoms with E-state index in [9.17, 15) is 4.79 Å². The van der Waals surface area contributed by atoms with Gasteiger partial charge in [-0.3, -0.25) is 4.79 Å². The van der Waals surface area contributed by atoms with Gasteiger partial charge >= 0.3 is 5.97 Å². The first-order valence-electron chi connectivity index (χ1n) is 9.19. The van der Waals surface area contributed by atoms with Crippen LogP contribution in [0.25, 0.3) is 0 Å². The highest BCUT2D eigenvalue weighted by atomic mass is 16.5. The molecular formula is C20H32O2. The van der Waals surface area contributed by atoms with Gasteiger partial charge in [-0.05, 0) is 80.5 Å². The Labute approximate surface area is 135 Å². The second-order valence-electron chi connectivity index (χ2n) is 8.69. The van der Waals surface area contributed by atoms with Crippen molar-refractivity contribution in [1.29, 1.82) is 0 Å². The zero-order chi connectivity index (χ0) is 16.0. The zero-order valence-electron chi connectivity index (χ0n) is 14.6. The molecule has 0 saturated heterocycles. The molecular weight excluding hydrogens is 272 g/mol. The van der Waals surface area contributed by atoms with Crippen molar-refractivity contribution in [2.45, 2.75) is 84.7 Å². The minimum Gasteiger partial charge on any atom is -0.463 e. The molecule has 0 aromatic heterocycles. The molecule has 0 aromatic carbocycles. The van der Waals surface area contributed by atoms with Gasteiger partial charge in [0.2, 0.25) is 0 Å². The van der Waals surface area contributed by atoms with Crippen LogP contribution < -0.4 is 0 Å². The summed E-state index contributed by atoms with van der Waals surface area (Å²) >= 11 is 0. The summed E-state index contributed by atoms with van der Waals surface area (Å²) < 4.78 is 5.42. The predicted octanol–water partition coefficient (Wildman–Crippen LogP) is 5.27. The standard InChI is InChI=1S/C20H32O2/c1-14-5-6-17-13-16(7-12-20(14,17)4)19(3)10-8-18(9-11-19)22-15(2)21/h16-18H,1,5-13H2,2-4H3/t16?,17?,18-,19-,20-/m1/s1. The summed E-state index contributed by atoms with van der Waals surface area (Å²) in [6, 6.07) is 0.